The Labute approximate surface area is 157 Å². The van der Waals surface area contributed by atoms with E-state index in [1.54, 1.807) is 35.0 Å². The Morgan fingerprint density at radius 3 is 2.63 bits per heavy atom. The normalized spacial score (nSPS) is 11.6. The van der Waals surface area contributed by atoms with E-state index >= 15 is 0 Å². The summed E-state index contributed by atoms with van der Waals surface area (Å²) in [6.07, 6.45) is 8.82. The predicted molar refractivity (Wildman–Crippen MR) is 100.0 cm³/mol. The largest absolute Gasteiger partial charge is 0.356 e. The van der Waals surface area contributed by atoms with Crippen molar-refractivity contribution in [3.63, 3.8) is 0 Å². The van der Waals surface area contributed by atoms with Crippen molar-refractivity contribution in [1.82, 2.24) is 24.9 Å². The second kappa shape index (κ2) is 8.26. The van der Waals surface area contributed by atoms with Gasteiger partial charge >= 0.3 is 0 Å². The van der Waals surface area contributed by atoms with E-state index in [2.05, 4.69) is 20.4 Å². The number of aryl methyl sites for hydroxylation is 2. The van der Waals surface area contributed by atoms with Gasteiger partial charge in [0.25, 0.3) is 5.78 Å². The van der Waals surface area contributed by atoms with Crippen molar-refractivity contribution in [2.24, 2.45) is 0 Å². The maximum absolute atomic E-state index is 12.0. The number of carbonyl (C=O) groups excluding carboxylic acids is 1. The first-order chi connectivity index (χ1) is 12.9. The number of hydrogen-bond donors (Lipinski definition) is 1. The number of amides is 1. The van der Waals surface area contributed by atoms with Gasteiger partial charge in [-0.1, -0.05) is 12.1 Å². The molecule has 0 radical (unpaired) electrons. The molecule has 0 saturated carbocycles. The second-order valence-corrected chi connectivity index (χ2v) is 8.35. The van der Waals surface area contributed by atoms with Gasteiger partial charge in [0.15, 0.2) is 9.84 Å². The molecule has 1 amide bonds. The van der Waals surface area contributed by atoms with Crippen molar-refractivity contribution in [3.8, 4) is 0 Å². The van der Waals surface area contributed by atoms with Crippen LogP contribution < -0.4 is 5.32 Å². The SMILES string of the molecule is CS(=O)(=O)c1ccc(CCC(=O)NCCCc2cnc3ncnn3c2)cc1. The van der Waals surface area contributed by atoms with E-state index in [-0.39, 0.29) is 10.8 Å². The van der Waals surface area contributed by atoms with Crippen LogP contribution in [0.25, 0.3) is 5.78 Å². The molecule has 0 saturated heterocycles. The van der Waals surface area contributed by atoms with Gasteiger partial charge in [0.2, 0.25) is 5.91 Å². The van der Waals surface area contributed by atoms with Crippen molar-refractivity contribution in [2.45, 2.75) is 30.6 Å². The average molecular weight is 387 g/mol. The van der Waals surface area contributed by atoms with Crippen molar-refractivity contribution < 1.29 is 13.2 Å². The number of sulfone groups is 1. The monoisotopic (exact) mass is 387 g/mol. The lowest BCUT2D eigenvalue weighted by Crippen LogP contribution is -2.25. The summed E-state index contributed by atoms with van der Waals surface area (Å²) in [5.41, 5.74) is 1.97. The Balaban J connectivity index is 1.38. The van der Waals surface area contributed by atoms with E-state index in [0.29, 0.717) is 25.2 Å². The first-order valence-corrected chi connectivity index (χ1v) is 10.5. The maximum Gasteiger partial charge on any atom is 0.252 e. The first-order valence-electron chi connectivity index (χ1n) is 8.62. The van der Waals surface area contributed by atoms with Crippen LogP contribution in [0.1, 0.15) is 24.0 Å². The lowest BCUT2D eigenvalue weighted by molar-refractivity contribution is -0.121. The Bertz CT molecular complexity index is 1030. The van der Waals surface area contributed by atoms with E-state index in [1.807, 2.05) is 6.20 Å². The summed E-state index contributed by atoms with van der Waals surface area (Å²) < 4.78 is 24.5. The van der Waals surface area contributed by atoms with Gasteiger partial charge in [0.05, 0.1) is 4.90 Å². The van der Waals surface area contributed by atoms with E-state index < -0.39 is 9.84 Å². The fourth-order valence-corrected chi connectivity index (χ4v) is 3.29. The van der Waals surface area contributed by atoms with Crippen LogP contribution in [0.15, 0.2) is 47.9 Å². The Kier molecular flexibility index (Phi) is 5.80. The average Bonchev–Trinajstić information content (AvgIpc) is 3.11. The molecule has 1 N–H and O–H groups in total. The minimum Gasteiger partial charge on any atom is -0.356 e. The van der Waals surface area contributed by atoms with Crippen LogP contribution in [-0.2, 0) is 27.5 Å². The molecular weight excluding hydrogens is 366 g/mol. The summed E-state index contributed by atoms with van der Waals surface area (Å²) in [4.78, 5) is 20.4. The third-order valence-electron chi connectivity index (χ3n) is 4.14. The molecule has 1 aromatic carbocycles. The van der Waals surface area contributed by atoms with E-state index in [0.717, 1.165) is 24.0 Å². The molecule has 0 spiro atoms. The molecule has 0 unspecified atom stereocenters. The number of nitrogens with one attached hydrogen (secondary N) is 1. The zero-order valence-electron chi connectivity index (χ0n) is 15.0. The third-order valence-corrected chi connectivity index (χ3v) is 5.27. The van der Waals surface area contributed by atoms with Gasteiger partial charge in [-0.15, -0.1) is 0 Å². The molecule has 3 aromatic rings. The van der Waals surface area contributed by atoms with Gasteiger partial charge in [0.1, 0.15) is 6.33 Å². The minimum atomic E-state index is -3.19. The molecule has 0 aliphatic carbocycles. The number of fused-ring (bicyclic) bond motifs is 1. The summed E-state index contributed by atoms with van der Waals surface area (Å²) in [6, 6.07) is 6.64. The summed E-state index contributed by atoms with van der Waals surface area (Å²) >= 11 is 0. The molecule has 2 heterocycles. The van der Waals surface area contributed by atoms with E-state index in [4.69, 9.17) is 0 Å². The standard InChI is InChI=1S/C18H21N5O3S/c1-27(25,26)16-7-4-14(5-8-16)6-9-17(24)19-10-2-3-15-11-20-18-21-13-22-23(18)12-15/h4-5,7-8,11-13H,2-3,6,9-10H2,1H3,(H,19,24). The van der Waals surface area contributed by atoms with Gasteiger partial charge in [-0.05, 0) is 42.5 Å². The highest BCUT2D eigenvalue weighted by Gasteiger charge is 2.07. The van der Waals surface area contributed by atoms with Crippen LogP contribution in [-0.4, -0.2) is 46.7 Å². The quantitative estimate of drug-likeness (QED) is 0.582. The molecule has 0 aliphatic heterocycles. The van der Waals surface area contributed by atoms with Crippen LogP contribution in [0, 0.1) is 0 Å². The Morgan fingerprint density at radius 1 is 1.11 bits per heavy atom. The molecule has 142 valence electrons. The number of hydrogen-bond acceptors (Lipinski definition) is 6. The fraction of sp³-hybridized carbons (Fsp3) is 0.333. The lowest BCUT2D eigenvalue weighted by Gasteiger charge is -2.06. The number of aromatic nitrogens is 4. The van der Waals surface area contributed by atoms with Crippen molar-refractivity contribution in [3.05, 3.63) is 54.1 Å². The molecule has 2 aromatic heterocycles. The highest BCUT2D eigenvalue weighted by atomic mass is 32.2. The maximum atomic E-state index is 12.0. The van der Waals surface area contributed by atoms with E-state index in [1.165, 1.54) is 12.6 Å². The van der Waals surface area contributed by atoms with Gasteiger partial charge in [0, 0.05) is 31.6 Å². The van der Waals surface area contributed by atoms with Crippen LogP contribution in [0.2, 0.25) is 0 Å². The summed E-state index contributed by atoms with van der Waals surface area (Å²) in [5.74, 6) is 0.545. The second-order valence-electron chi connectivity index (χ2n) is 6.34. The highest BCUT2D eigenvalue weighted by molar-refractivity contribution is 7.90. The number of rotatable bonds is 8. The van der Waals surface area contributed by atoms with E-state index in [9.17, 15) is 13.2 Å². The molecule has 3 rings (SSSR count). The fourth-order valence-electron chi connectivity index (χ4n) is 2.66. The van der Waals surface area contributed by atoms with Gasteiger partial charge in [-0.25, -0.2) is 17.9 Å². The summed E-state index contributed by atoms with van der Waals surface area (Å²) in [7, 11) is -3.19. The van der Waals surface area contributed by atoms with Crippen molar-refractivity contribution >= 4 is 21.5 Å². The zero-order chi connectivity index (χ0) is 19.3. The first kappa shape index (κ1) is 19.0. The molecule has 9 heteroatoms. The summed E-state index contributed by atoms with van der Waals surface area (Å²) in [5, 5.41) is 6.95. The molecule has 27 heavy (non-hydrogen) atoms. The van der Waals surface area contributed by atoms with Gasteiger partial charge < -0.3 is 5.32 Å². The van der Waals surface area contributed by atoms with Crippen LogP contribution in [0.5, 0.6) is 0 Å². The molecule has 0 bridgehead atoms. The van der Waals surface area contributed by atoms with Crippen molar-refractivity contribution in [2.75, 3.05) is 12.8 Å². The highest BCUT2D eigenvalue weighted by Crippen LogP contribution is 2.11. The van der Waals surface area contributed by atoms with Crippen LogP contribution in [0.3, 0.4) is 0 Å². The minimum absolute atomic E-state index is 0.0213. The topological polar surface area (TPSA) is 106 Å². The molecule has 0 atom stereocenters. The summed E-state index contributed by atoms with van der Waals surface area (Å²) in [6.45, 7) is 0.585. The number of benzene rings is 1. The number of nitrogens with zero attached hydrogens (tertiary/aromatic N) is 4. The van der Waals surface area contributed by atoms with Crippen LogP contribution in [0.4, 0.5) is 0 Å². The number of carbonyl (C=O) groups is 1. The van der Waals surface area contributed by atoms with Crippen LogP contribution >= 0.6 is 0 Å². The van der Waals surface area contributed by atoms with Crippen molar-refractivity contribution in [1.29, 1.82) is 0 Å². The molecule has 0 fully saturated rings. The molecule has 0 aliphatic rings. The predicted octanol–water partition coefficient (Wildman–Crippen LogP) is 1.21. The smallest absolute Gasteiger partial charge is 0.252 e. The molecule has 8 nitrogen and oxygen atoms in total. The zero-order valence-corrected chi connectivity index (χ0v) is 15.8. The molecular formula is C18H21N5O3S. The Hall–Kier alpha value is -2.81. The Morgan fingerprint density at radius 2 is 1.89 bits per heavy atom. The van der Waals surface area contributed by atoms with Gasteiger partial charge in [-0.3, -0.25) is 4.79 Å². The van der Waals surface area contributed by atoms with Gasteiger partial charge in [-0.2, -0.15) is 10.1 Å². The third kappa shape index (κ3) is 5.33. The lowest BCUT2D eigenvalue weighted by atomic mass is 10.1.